The van der Waals surface area contributed by atoms with Gasteiger partial charge in [-0.15, -0.1) is 0 Å². The molecule has 0 saturated carbocycles. The maximum atomic E-state index is 13.5. The molecule has 1 aliphatic heterocycles. The summed E-state index contributed by atoms with van der Waals surface area (Å²) in [5.41, 5.74) is 4.62. The normalized spacial score (nSPS) is 18.2. The summed E-state index contributed by atoms with van der Waals surface area (Å²) in [6.07, 6.45) is 0.391. The highest BCUT2D eigenvalue weighted by molar-refractivity contribution is 5.86. The lowest BCUT2D eigenvalue weighted by molar-refractivity contribution is -0.137. The number of nitrogens with zero attached hydrogens (tertiary/aromatic N) is 1. The molecule has 3 amide bonds. The second-order valence-corrected chi connectivity index (χ2v) is 5.97. The number of halogens is 1. The third-order valence-corrected chi connectivity index (χ3v) is 4.06. The number of hydrogen-bond acceptors (Lipinski definition) is 4. The summed E-state index contributed by atoms with van der Waals surface area (Å²) < 4.78 is 18.8. The molecule has 0 unspecified atom stereocenters. The van der Waals surface area contributed by atoms with Crippen molar-refractivity contribution in [3.05, 3.63) is 30.1 Å². The highest BCUT2D eigenvalue weighted by Crippen LogP contribution is 2.17. The lowest BCUT2D eigenvalue weighted by Gasteiger charge is -2.31. The number of nitrogens with one attached hydrogen (secondary N) is 2. The van der Waals surface area contributed by atoms with Gasteiger partial charge in [0.05, 0.1) is 5.92 Å². The van der Waals surface area contributed by atoms with Gasteiger partial charge in [-0.3, -0.25) is 25.2 Å². The molecule has 0 aliphatic carbocycles. The lowest BCUT2D eigenvalue weighted by atomic mass is 9.97. The van der Waals surface area contributed by atoms with Crippen LogP contribution in [0.2, 0.25) is 0 Å². The van der Waals surface area contributed by atoms with E-state index in [2.05, 4.69) is 10.9 Å². The predicted octanol–water partition coefficient (Wildman–Crippen LogP) is 0.999. The van der Waals surface area contributed by atoms with Crippen molar-refractivity contribution in [3.8, 4) is 5.75 Å². The first-order valence-corrected chi connectivity index (χ1v) is 8.15. The lowest BCUT2D eigenvalue weighted by Crippen LogP contribution is -2.52. The molecule has 1 aromatic rings. The van der Waals surface area contributed by atoms with Gasteiger partial charge in [0.2, 0.25) is 11.8 Å². The number of likely N-dealkylation sites (tertiary alicyclic amines) is 1. The summed E-state index contributed by atoms with van der Waals surface area (Å²) in [7, 11) is 0. The summed E-state index contributed by atoms with van der Waals surface area (Å²) in [5, 5.41) is 0. The van der Waals surface area contributed by atoms with E-state index < -0.39 is 17.8 Å². The average Bonchev–Trinajstić information content (AvgIpc) is 2.61. The molecule has 136 valence electrons. The number of carbonyl (C=O) groups excluding carboxylic acids is 3. The molecule has 0 radical (unpaired) electrons. The van der Waals surface area contributed by atoms with E-state index in [-0.39, 0.29) is 23.5 Å². The molecule has 1 saturated heterocycles. The third-order valence-electron chi connectivity index (χ3n) is 4.06. The predicted molar refractivity (Wildman–Crippen MR) is 87.8 cm³/mol. The van der Waals surface area contributed by atoms with Crippen molar-refractivity contribution in [3.63, 3.8) is 0 Å². The summed E-state index contributed by atoms with van der Waals surface area (Å²) in [6, 6.07) is 5.75. The molecule has 1 aliphatic rings. The summed E-state index contributed by atoms with van der Waals surface area (Å²) in [6.45, 7) is 3.88. The SMILES string of the molecule is CC(=O)N1CCC[C@@H](C(=O)NNC(=O)[C@@H](C)Oc2ccccc2F)C1. The molecule has 0 bridgehead atoms. The van der Waals surface area contributed by atoms with Crippen LogP contribution in [-0.2, 0) is 14.4 Å². The Bertz CT molecular complexity index is 653. The fourth-order valence-corrected chi connectivity index (χ4v) is 2.59. The molecule has 25 heavy (non-hydrogen) atoms. The Labute approximate surface area is 145 Å². The average molecular weight is 351 g/mol. The quantitative estimate of drug-likeness (QED) is 0.792. The van der Waals surface area contributed by atoms with Gasteiger partial charge >= 0.3 is 0 Å². The molecule has 2 rings (SSSR count). The molecule has 2 atom stereocenters. The highest BCUT2D eigenvalue weighted by atomic mass is 19.1. The van der Waals surface area contributed by atoms with E-state index in [9.17, 15) is 18.8 Å². The van der Waals surface area contributed by atoms with Gasteiger partial charge in [0.25, 0.3) is 5.91 Å². The summed E-state index contributed by atoms with van der Waals surface area (Å²) in [4.78, 5) is 37.1. The monoisotopic (exact) mass is 351 g/mol. The Balaban J connectivity index is 1.81. The van der Waals surface area contributed by atoms with Crippen LogP contribution >= 0.6 is 0 Å². The second kappa shape index (κ2) is 8.46. The van der Waals surface area contributed by atoms with Crippen molar-refractivity contribution in [2.75, 3.05) is 13.1 Å². The van der Waals surface area contributed by atoms with E-state index in [1.807, 2.05) is 0 Å². The van der Waals surface area contributed by atoms with Crippen LogP contribution < -0.4 is 15.6 Å². The van der Waals surface area contributed by atoms with E-state index >= 15 is 0 Å². The zero-order valence-corrected chi connectivity index (χ0v) is 14.3. The van der Waals surface area contributed by atoms with Gasteiger partial charge in [-0.05, 0) is 31.9 Å². The van der Waals surface area contributed by atoms with Crippen LogP contribution in [0.1, 0.15) is 26.7 Å². The van der Waals surface area contributed by atoms with Gasteiger partial charge in [0.1, 0.15) is 0 Å². The summed E-state index contributed by atoms with van der Waals surface area (Å²) in [5.74, 6) is -2.03. The van der Waals surface area contributed by atoms with Crippen LogP contribution in [0.15, 0.2) is 24.3 Å². The molecular formula is C17H22FN3O4. The Hall–Kier alpha value is -2.64. The van der Waals surface area contributed by atoms with Gasteiger partial charge in [-0.1, -0.05) is 12.1 Å². The fraction of sp³-hybridized carbons (Fsp3) is 0.471. The zero-order chi connectivity index (χ0) is 18.4. The Morgan fingerprint density at radius 3 is 2.68 bits per heavy atom. The van der Waals surface area contributed by atoms with Crippen LogP contribution in [0.5, 0.6) is 5.75 Å². The van der Waals surface area contributed by atoms with E-state index in [4.69, 9.17) is 4.74 Å². The van der Waals surface area contributed by atoms with Crippen molar-refractivity contribution in [2.24, 2.45) is 5.92 Å². The smallest absolute Gasteiger partial charge is 0.279 e. The maximum absolute atomic E-state index is 13.5. The summed E-state index contributed by atoms with van der Waals surface area (Å²) >= 11 is 0. The van der Waals surface area contributed by atoms with Gasteiger partial charge in [-0.2, -0.15) is 0 Å². The van der Waals surface area contributed by atoms with Crippen molar-refractivity contribution >= 4 is 17.7 Å². The van der Waals surface area contributed by atoms with Gasteiger partial charge in [0, 0.05) is 20.0 Å². The number of hydrazine groups is 1. The number of amides is 3. The minimum absolute atomic E-state index is 0.0409. The Morgan fingerprint density at radius 1 is 1.28 bits per heavy atom. The molecule has 0 spiro atoms. The molecule has 7 nitrogen and oxygen atoms in total. The minimum Gasteiger partial charge on any atom is -0.478 e. The number of piperidine rings is 1. The molecule has 0 aromatic heterocycles. The maximum Gasteiger partial charge on any atom is 0.279 e. The molecule has 1 heterocycles. The van der Waals surface area contributed by atoms with Crippen LogP contribution in [0.25, 0.3) is 0 Å². The minimum atomic E-state index is -0.989. The first-order valence-electron chi connectivity index (χ1n) is 8.15. The van der Waals surface area contributed by atoms with Crippen molar-refractivity contribution in [2.45, 2.75) is 32.8 Å². The zero-order valence-electron chi connectivity index (χ0n) is 14.3. The van der Waals surface area contributed by atoms with Crippen LogP contribution in [0.3, 0.4) is 0 Å². The Morgan fingerprint density at radius 2 is 2.00 bits per heavy atom. The second-order valence-electron chi connectivity index (χ2n) is 5.97. The van der Waals surface area contributed by atoms with Crippen molar-refractivity contribution in [1.82, 2.24) is 15.8 Å². The number of carbonyl (C=O) groups is 3. The number of rotatable bonds is 4. The fourth-order valence-electron chi connectivity index (χ4n) is 2.59. The first-order chi connectivity index (χ1) is 11.9. The first kappa shape index (κ1) is 18.7. The van der Waals surface area contributed by atoms with E-state index in [1.54, 1.807) is 11.0 Å². The third kappa shape index (κ3) is 5.17. The van der Waals surface area contributed by atoms with Crippen molar-refractivity contribution in [1.29, 1.82) is 0 Å². The van der Waals surface area contributed by atoms with Gasteiger partial charge < -0.3 is 9.64 Å². The number of benzene rings is 1. The molecule has 2 N–H and O–H groups in total. The highest BCUT2D eigenvalue weighted by Gasteiger charge is 2.27. The van der Waals surface area contributed by atoms with Gasteiger partial charge in [0.15, 0.2) is 17.7 Å². The molecular weight excluding hydrogens is 329 g/mol. The van der Waals surface area contributed by atoms with Crippen LogP contribution in [0.4, 0.5) is 4.39 Å². The van der Waals surface area contributed by atoms with Crippen molar-refractivity contribution < 1.29 is 23.5 Å². The topological polar surface area (TPSA) is 87.7 Å². The van der Waals surface area contributed by atoms with E-state index in [0.717, 1.165) is 6.42 Å². The number of hydrogen-bond donors (Lipinski definition) is 2. The molecule has 8 heteroatoms. The number of para-hydroxylation sites is 1. The largest absolute Gasteiger partial charge is 0.478 e. The number of ether oxygens (including phenoxy) is 1. The Kier molecular flexibility index (Phi) is 6.32. The van der Waals surface area contributed by atoms with E-state index in [0.29, 0.717) is 19.5 Å². The van der Waals surface area contributed by atoms with Crippen LogP contribution in [-0.4, -0.2) is 41.8 Å². The molecule has 1 fully saturated rings. The standard InChI is InChI=1S/C17H22FN3O4/c1-11(25-15-8-4-3-7-14(15)18)16(23)19-20-17(24)13-6-5-9-21(10-13)12(2)22/h3-4,7-8,11,13H,5-6,9-10H2,1-2H3,(H,19,23)(H,20,24)/t11-,13-/m1/s1. The molecule has 1 aromatic carbocycles. The van der Waals surface area contributed by atoms with Crippen LogP contribution in [0, 0.1) is 11.7 Å². The van der Waals surface area contributed by atoms with Gasteiger partial charge in [-0.25, -0.2) is 4.39 Å². The van der Waals surface area contributed by atoms with E-state index in [1.165, 1.54) is 32.0 Å².